The Bertz CT molecular complexity index is 720. The van der Waals surface area contributed by atoms with E-state index in [1.54, 1.807) is 12.1 Å². The van der Waals surface area contributed by atoms with Crippen LogP contribution in [0.3, 0.4) is 0 Å². The van der Waals surface area contributed by atoms with E-state index in [1.807, 2.05) is 18.2 Å². The van der Waals surface area contributed by atoms with Crippen molar-refractivity contribution in [2.45, 2.75) is 31.5 Å². The van der Waals surface area contributed by atoms with E-state index in [0.717, 1.165) is 38.2 Å². The van der Waals surface area contributed by atoms with E-state index < -0.39 is 0 Å². The van der Waals surface area contributed by atoms with E-state index in [4.69, 9.17) is 0 Å². The van der Waals surface area contributed by atoms with Gasteiger partial charge in [-0.1, -0.05) is 42.5 Å². The number of rotatable bonds is 4. The summed E-state index contributed by atoms with van der Waals surface area (Å²) < 4.78 is 0. The molecule has 0 radical (unpaired) electrons. The van der Waals surface area contributed by atoms with Crippen molar-refractivity contribution in [1.29, 1.82) is 0 Å². The first kappa shape index (κ1) is 15.1. The van der Waals surface area contributed by atoms with Crippen molar-refractivity contribution >= 4 is 11.4 Å². The molecule has 124 valence electrons. The molecule has 5 nitrogen and oxygen atoms in total. The number of hydrogen-bond acceptors (Lipinski definition) is 4. The minimum Gasteiger partial charge on any atom is -0.357 e. The van der Waals surface area contributed by atoms with Gasteiger partial charge < -0.3 is 4.90 Å². The van der Waals surface area contributed by atoms with Crippen LogP contribution in [0.15, 0.2) is 54.6 Å². The highest BCUT2D eigenvalue weighted by molar-refractivity contribution is 5.65. The molecular formula is C19H21N3O2. The summed E-state index contributed by atoms with van der Waals surface area (Å²) in [6.07, 6.45) is 2.23. The van der Waals surface area contributed by atoms with Gasteiger partial charge in [0.1, 0.15) is 5.69 Å². The molecule has 2 bridgehead atoms. The Hall–Kier alpha value is -2.40. The zero-order chi connectivity index (χ0) is 16.5. The minimum absolute atomic E-state index is 0.228. The summed E-state index contributed by atoms with van der Waals surface area (Å²) in [5.41, 5.74) is 2.34. The fourth-order valence-corrected chi connectivity index (χ4v) is 4.19. The third-order valence-electron chi connectivity index (χ3n) is 5.16. The van der Waals surface area contributed by atoms with E-state index in [0.29, 0.717) is 12.1 Å². The Morgan fingerprint density at radius 2 is 1.58 bits per heavy atom. The molecule has 4 rings (SSSR count). The number of nitro groups is 1. The molecule has 0 amide bonds. The van der Waals surface area contributed by atoms with Gasteiger partial charge in [0.2, 0.25) is 0 Å². The van der Waals surface area contributed by atoms with Crippen molar-refractivity contribution in [1.82, 2.24) is 4.90 Å². The number of likely N-dealkylation sites (tertiary alicyclic amines) is 1. The summed E-state index contributed by atoms with van der Waals surface area (Å²) >= 11 is 0. The monoisotopic (exact) mass is 323 g/mol. The molecule has 0 N–H and O–H groups in total. The Morgan fingerprint density at radius 1 is 0.958 bits per heavy atom. The van der Waals surface area contributed by atoms with Gasteiger partial charge in [0.15, 0.2) is 0 Å². The molecular weight excluding hydrogens is 302 g/mol. The lowest BCUT2D eigenvalue weighted by Gasteiger charge is -2.42. The highest BCUT2D eigenvalue weighted by Gasteiger charge is 2.41. The van der Waals surface area contributed by atoms with Gasteiger partial charge in [-0.15, -0.1) is 0 Å². The molecule has 2 saturated heterocycles. The van der Waals surface area contributed by atoms with Crippen molar-refractivity contribution in [3.63, 3.8) is 0 Å². The normalized spacial score (nSPS) is 23.4. The van der Waals surface area contributed by atoms with Crippen molar-refractivity contribution in [2.24, 2.45) is 0 Å². The molecule has 0 saturated carbocycles. The Kier molecular flexibility index (Phi) is 3.94. The van der Waals surface area contributed by atoms with Crippen molar-refractivity contribution in [3.05, 3.63) is 70.3 Å². The molecule has 2 aromatic rings. The first-order chi connectivity index (χ1) is 11.7. The highest BCUT2D eigenvalue weighted by Crippen LogP contribution is 2.39. The number of hydrogen-bond donors (Lipinski definition) is 0. The first-order valence-corrected chi connectivity index (χ1v) is 8.50. The summed E-state index contributed by atoms with van der Waals surface area (Å²) in [5, 5.41) is 11.4. The average Bonchev–Trinajstić information content (AvgIpc) is 2.86. The molecule has 0 spiro atoms. The summed E-state index contributed by atoms with van der Waals surface area (Å²) in [7, 11) is 0. The topological polar surface area (TPSA) is 49.6 Å². The predicted molar refractivity (Wildman–Crippen MR) is 94.1 cm³/mol. The quantitative estimate of drug-likeness (QED) is 0.639. The largest absolute Gasteiger partial charge is 0.357 e. The Morgan fingerprint density at radius 3 is 2.25 bits per heavy atom. The standard InChI is InChI=1S/C19H21N3O2/c23-22(24)19-9-5-4-8-18(19)21-16-10-11-17(21)14-20(13-16)12-15-6-2-1-3-7-15/h1-9,16-17H,10-14H2. The van der Waals surface area contributed by atoms with Gasteiger partial charge >= 0.3 is 0 Å². The highest BCUT2D eigenvalue weighted by atomic mass is 16.6. The van der Waals surface area contributed by atoms with E-state index in [-0.39, 0.29) is 10.6 Å². The van der Waals surface area contributed by atoms with Crippen molar-refractivity contribution < 1.29 is 4.92 Å². The van der Waals surface area contributed by atoms with Gasteiger partial charge in [-0.2, -0.15) is 0 Å². The molecule has 2 aromatic carbocycles. The van der Waals surface area contributed by atoms with Gasteiger partial charge in [-0.05, 0) is 24.5 Å². The van der Waals surface area contributed by atoms with Gasteiger partial charge in [-0.25, -0.2) is 0 Å². The van der Waals surface area contributed by atoms with Gasteiger partial charge in [0, 0.05) is 37.8 Å². The van der Waals surface area contributed by atoms with Gasteiger partial charge in [0.05, 0.1) is 4.92 Å². The summed E-state index contributed by atoms with van der Waals surface area (Å²) in [6.45, 7) is 2.90. The zero-order valence-electron chi connectivity index (χ0n) is 13.5. The van der Waals surface area contributed by atoms with Crippen molar-refractivity contribution in [3.8, 4) is 0 Å². The van der Waals surface area contributed by atoms with Crippen LogP contribution < -0.4 is 4.90 Å². The van der Waals surface area contributed by atoms with Gasteiger partial charge in [0.25, 0.3) is 5.69 Å². The second kappa shape index (κ2) is 6.24. The number of nitro benzene ring substituents is 1. The van der Waals surface area contributed by atoms with Crippen LogP contribution >= 0.6 is 0 Å². The number of anilines is 1. The zero-order valence-corrected chi connectivity index (χ0v) is 13.5. The smallest absolute Gasteiger partial charge is 0.292 e. The molecule has 5 heteroatoms. The second-order valence-corrected chi connectivity index (χ2v) is 6.72. The molecule has 2 atom stereocenters. The number of fused-ring (bicyclic) bond motifs is 2. The second-order valence-electron chi connectivity index (χ2n) is 6.72. The predicted octanol–water partition coefficient (Wildman–Crippen LogP) is 3.45. The van der Waals surface area contributed by atoms with E-state index in [2.05, 4.69) is 34.1 Å². The molecule has 0 aromatic heterocycles. The van der Waals surface area contributed by atoms with Crippen LogP contribution in [0.25, 0.3) is 0 Å². The van der Waals surface area contributed by atoms with E-state index >= 15 is 0 Å². The lowest BCUT2D eigenvalue weighted by Crippen LogP contribution is -2.53. The maximum Gasteiger partial charge on any atom is 0.292 e. The molecule has 2 heterocycles. The third kappa shape index (κ3) is 2.76. The Balaban J connectivity index is 1.55. The van der Waals surface area contributed by atoms with Gasteiger partial charge in [-0.3, -0.25) is 15.0 Å². The number of nitrogens with zero attached hydrogens (tertiary/aromatic N) is 3. The van der Waals surface area contributed by atoms with E-state index in [9.17, 15) is 10.1 Å². The molecule has 2 aliphatic heterocycles. The minimum atomic E-state index is -0.259. The van der Waals surface area contributed by atoms with Crippen LogP contribution in [-0.4, -0.2) is 35.0 Å². The average molecular weight is 323 g/mol. The van der Waals surface area contributed by atoms with Crippen LogP contribution in [0.4, 0.5) is 11.4 Å². The summed E-state index contributed by atoms with van der Waals surface area (Å²) in [4.78, 5) is 15.9. The SMILES string of the molecule is O=[N+]([O-])c1ccccc1N1C2CCC1CN(Cc1ccccc1)C2. The maximum absolute atomic E-state index is 11.4. The number of piperazine rings is 1. The number of para-hydroxylation sites is 2. The van der Waals surface area contributed by atoms with Crippen LogP contribution in [-0.2, 0) is 6.54 Å². The van der Waals surface area contributed by atoms with Crippen LogP contribution in [0, 0.1) is 10.1 Å². The van der Waals surface area contributed by atoms with Crippen molar-refractivity contribution in [2.75, 3.05) is 18.0 Å². The third-order valence-corrected chi connectivity index (χ3v) is 5.16. The first-order valence-electron chi connectivity index (χ1n) is 8.50. The molecule has 2 unspecified atom stereocenters. The molecule has 2 fully saturated rings. The van der Waals surface area contributed by atoms with Crippen LogP contribution in [0.1, 0.15) is 18.4 Å². The lowest BCUT2D eigenvalue weighted by atomic mass is 10.1. The van der Waals surface area contributed by atoms with Crippen LogP contribution in [0.2, 0.25) is 0 Å². The fraction of sp³-hybridized carbons (Fsp3) is 0.368. The van der Waals surface area contributed by atoms with E-state index in [1.165, 1.54) is 5.56 Å². The maximum atomic E-state index is 11.4. The molecule has 24 heavy (non-hydrogen) atoms. The summed E-state index contributed by atoms with van der Waals surface area (Å²) in [6, 6.07) is 18.4. The van der Waals surface area contributed by atoms with Crippen LogP contribution in [0.5, 0.6) is 0 Å². The molecule has 2 aliphatic rings. The number of benzene rings is 2. The molecule has 0 aliphatic carbocycles. The summed E-state index contributed by atoms with van der Waals surface area (Å²) in [5.74, 6) is 0. The Labute approximate surface area is 141 Å². The fourth-order valence-electron chi connectivity index (χ4n) is 4.19. The lowest BCUT2D eigenvalue weighted by molar-refractivity contribution is -0.384.